The molecule has 178 valence electrons. The van der Waals surface area contributed by atoms with Crippen molar-refractivity contribution in [1.29, 1.82) is 0 Å². The van der Waals surface area contributed by atoms with Crippen LogP contribution in [-0.2, 0) is 11.2 Å². The second-order valence-electron chi connectivity index (χ2n) is 8.90. The molecule has 3 aromatic rings. The van der Waals surface area contributed by atoms with E-state index in [0.29, 0.717) is 42.3 Å². The summed E-state index contributed by atoms with van der Waals surface area (Å²) in [6.07, 6.45) is 9.61. The highest BCUT2D eigenvalue weighted by molar-refractivity contribution is 7.80. The molecule has 1 aliphatic carbocycles. The molecule has 0 atom stereocenters. The van der Waals surface area contributed by atoms with E-state index in [2.05, 4.69) is 4.98 Å². The Labute approximate surface area is 206 Å². The Kier molecular flexibility index (Phi) is 8.12. The third-order valence-corrected chi connectivity index (χ3v) is 6.75. The van der Waals surface area contributed by atoms with Crippen molar-refractivity contribution >= 4 is 33.8 Å². The van der Waals surface area contributed by atoms with E-state index in [9.17, 15) is 4.79 Å². The fourth-order valence-corrected chi connectivity index (χ4v) is 4.93. The molecule has 0 bridgehead atoms. The predicted molar refractivity (Wildman–Crippen MR) is 138 cm³/mol. The number of aromatic nitrogens is 1. The highest BCUT2D eigenvalue weighted by atomic mass is 32.1. The van der Waals surface area contributed by atoms with Crippen LogP contribution in [0.25, 0.3) is 10.9 Å². The number of thiocarbonyl (C=S) groups is 1. The second kappa shape index (κ2) is 11.4. The smallest absolute Gasteiger partial charge is 0.162 e. The van der Waals surface area contributed by atoms with Crippen molar-refractivity contribution in [2.75, 3.05) is 14.2 Å². The zero-order valence-electron chi connectivity index (χ0n) is 19.8. The van der Waals surface area contributed by atoms with Gasteiger partial charge in [-0.15, -0.1) is 0 Å². The first-order chi connectivity index (χ1) is 16.6. The Morgan fingerprint density at radius 1 is 1.00 bits per heavy atom. The Hall–Kier alpha value is -2.99. The van der Waals surface area contributed by atoms with Crippen LogP contribution in [0.2, 0.25) is 0 Å². The number of rotatable bonds is 11. The van der Waals surface area contributed by atoms with Gasteiger partial charge < -0.3 is 14.2 Å². The summed E-state index contributed by atoms with van der Waals surface area (Å²) in [5.74, 6) is 3.65. The van der Waals surface area contributed by atoms with Crippen molar-refractivity contribution in [3.05, 3.63) is 54.2 Å². The first kappa shape index (κ1) is 24.1. The molecule has 6 heteroatoms. The molecule has 1 heterocycles. The Bertz CT molecular complexity index is 1150. The van der Waals surface area contributed by atoms with Gasteiger partial charge in [-0.2, -0.15) is 0 Å². The van der Waals surface area contributed by atoms with Crippen LogP contribution < -0.4 is 14.2 Å². The highest BCUT2D eigenvalue weighted by Gasteiger charge is 2.17. The molecule has 1 saturated carbocycles. The quantitative estimate of drug-likeness (QED) is 0.280. The number of methoxy groups -OCH3 is 2. The van der Waals surface area contributed by atoms with Gasteiger partial charge in [0.2, 0.25) is 0 Å². The van der Waals surface area contributed by atoms with Crippen LogP contribution >= 0.6 is 12.2 Å². The van der Waals surface area contributed by atoms with Crippen molar-refractivity contribution in [1.82, 2.24) is 4.98 Å². The summed E-state index contributed by atoms with van der Waals surface area (Å²) >= 11 is 5.51. The summed E-state index contributed by atoms with van der Waals surface area (Å²) in [4.78, 5) is 17.5. The van der Waals surface area contributed by atoms with E-state index in [0.717, 1.165) is 33.7 Å². The lowest BCUT2D eigenvalue weighted by Gasteiger charge is -2.12. The van der Waals surface area contributed by atoms with E-state index in [1.54, 1.807) is 20.4 Å². The highest BCUT2D eigenvalue weighted by Crippen LogP contribution is 2.37. The van der Waals surface area contributed by atoms with Gasteiger partial charge in [0.15, 0.2) is 11.5 Å². The minimum Gasteiger partial charge on any atom is -0.493 e. The molecule has 34 heavy (non-hydrogen) atoms. The number of pyridine rings is 1. The van der Waals surface area contributed by atoms with Gasteiger partial charge in [-0.05, 0) is 42.2 Å². The molecule has 1 fully saturated rings. The first-order valence-electron chi connectivity index (χ1n) is 11.9. The molecule has 5 nitrogen and oxygen atoms in total. The fraction of sp³-hybridized carbons (Fsp3) is 0.393. The van der Waals surface area contributed by atoms with Gasteiger partial charge in [-0.1, -0.05) is 50.0 Å². The molecule has 1 aliphatic rings. The van der Waals surface area contributed by atoms with Crippen LogP contribution in [-0.4, -0.2) is 29.9 Å². The van der Waals surface area contributed by atoms with Gasteiger partial charge in [-0.25, -0.2) is 0 Å². The lowest BCUT2D eigenvalue weighted by molar-refractivity contribution is -0.118. The van der Waals surface area contributed by atoms with E-state index in [1.165, 1.54) is 25.7 Å². The van der Waals surface area contributed by atoms with E-state index < -0.39 is 0 Å². The van der Waals surface area contributed by atoms with Crippen LogP contribution in [0, 0.1) is 5.92 Å². The summed E-state index contributed by atoms with van der Waals surface area (Å²) in [6, 6.07) is 13.4. The Balaban J connectivity index is 1.36. The number of fused-ring (bicyclic) bond motifs is 1. The monoisotopic (exact) mass is 477 g/mol. The van der Waals surface area contributed by atoms with Crippen molar-refractivity contribution in [3.63, 3.8) is 0 Å². The summed E-state index contributed by atoms with van der Waals surface area (Å²) in [7, 11) is 3.20. The third kappa shape index (κ3) is 6.11. The molecule has 0 amide bonds. The normalized spacial score (nSPS) is 13.7. The number of hydrogen-bond donors (Lipinski definition) is 0. The third-order valence-electron chi connectivity index (χ3n) is 6.46. The molecule has 0 radical (unpaired) electrons. The number of ketones is 1. The summed E-state index contributed by atoms with van der Waals surface area (Å²) in [5.41, 5.74) is 1.83. The van der Waals surface area contributed by atoms with Crippen LogP contribution in [0.5, 0.6) is 23.0 Å². The lowest BCUT2D eigenvalue weighted by Crippen LogP contribution is -2.09. The van der Waals surface area contributed by atoms with Crippen molar-refractivity contribution in [2.24, 2.45) is 5.92 Å². The molecule has 0 unspecified atom stereocenters. The standard InChI is InChI=1S/C28H31NO4S/c1-31-27-17-24-25(18-28(27)32-2)29-14-13-26(24)33-22-11-8-20(9-12-22)15-23(34)16-21(30)10-7-19-5-3-4-6-19/h8-9,11-14,17-19H,3-7,10,15-16H2,1-2H3. The maximum atomic E-state index is 12.3. The number of nitrogens with zero attached hydrogens (tertiary/aromatic N) is 1. The maximum Gasteiger partial charge on any atom is 0.162 e. The average molecular weight is 478 g/mol. The van der Waals surface area contributed by atoms with Gasteiger partial charge in [0.05, 0.1) is 19.7 Å². The van der Waals surface area contributed by atoms with E-state index in [4.69, 9.17) is 26.4 Å². The molecular weight excluding hydrogens is 446 g/mol. The lowest BCUT2D eigenvalue weighted by atomic mass is 9.97. The van der Waals surface area contributed by atoms with Gasteiger partial charge in [0, 0.05) is 41.8 Å². The largest absolute Gasteiger partial charge is 0.493 e. The van der Waals surface area contributed by atoms with Crippen LogP contribution in [0.4, 0.5) is 0 Å². The SMILES string of the molecule is COc1cc2nccc(Oc3ccc(CC(=S)CC(=O)CCC4CCCC4)cc3)c2cc1OC. The van der Waals surface area contributed by atoms with Crippen molar-refractivity contribution < 1.29 is 19.0 Å². The molecule has 0 aliphatic heterocycles. The number of benzene rings is 2. The first-order valence-corrected chi connectivity index (χ1v) is 12.3. The van der Waals surface area contributed by atoms with Gasteiger partial charge >= 0.3 is 0 Å². The molecule has 0 saturated heterocycles. The summed E-state index contributed by atoms with van der Waals surface area (Å²) in [5, 5.41) is 0.835. The van der Waals surface area contributed by atoms with Gasteiger partial charge in [0.25, 0.3) is 0 Å². The van der Waals surface area contributed by atoms with Crippen LogP contribution in [0.15, 0.2) is 48.7 Å². The number of carbonyl (C=O) groups is 1. The van der Waals surface area contributed by atoms with E-state index >= 15 is 0 Å². The minimum atomic E-state index is 0.272. The Morgan fingerprint density at radius 3 is 2.41 bits per heavy atom. The van der Waals surface area contributed by atoms with Gasteiger partial charge in [0.1, 0.15) is 17.3 Å². The van der Waals surface area contributed by atoms with Crippen LogP contribution in [0.3, 0.4) is 0 Å². The summed E-state index contributed by atoms with van der Waals surface area (Å²) < 4.78 is 16.9. The maximum absolute atomic E-state index is 12.3. The number of carbonyl (C=O) groups excluding carboxylic acids is 1. The second-order valence-corrected chi connectivity index (χ2v) is 9.48. The average Bonchev–Trinajstić information content (AvgIpc) is 3.37. The van der Waals surface area contributed by atoms with E-state index in [-0.39, 0.29) is 5.78 Å². The van der Waals surface area contributed by atoms with Gasteiger partial charge in [-0.3, -0.25) is 9.78 Å². The molecule has 0 spiro atoms. The van der Waals surface area contributed by atoms with Crippen LogP contribution in [0.1, 0.15) is 50.5 Å². The molecule has 0 N–H and O–H groups in total. The molecule has 4 rings (SSSR count). The molecule has 2 aromatic carbocycles. The topological polar surface area (TPSA) is 57.7 Å². The molecule has 1 aromatic heterocycles. The van der Waals surface area contributed by atoms with E-state index in [1.807, 2.05) is 42.5 Å². The van der Waals surface area contributed by atoms with Crippen molar-refractivity contribution in [3.8, 4) is 23.0 Å². The van der Waals surface area contributed by atoms with Crippen molar-refractivity contribution in [2.45, 2.75) is 51.4 Å². The Morgan fingerprint density at radius 2 is 1.71 bits per heavy atom. The number of ether oxygens (including phenoxy) is 3. The minimum absolute atomic E-state index is 0.272. The zero-order chi connectivity index (χ0) is 23.9. The fourth-order valence-electron chi connectivity index (χ4n) is 4.60. The number of Topliss-reactive ketones (excluding diaryl/α,β-unsaturated/α-hetero) is 1. The zero-order valence-corrected chi connectivity index (χ0v) is 20.7. The number of hydrogen-bond acceptors (Lipinski definition) is 6. The molecular formula is C28H31NO4S. The predicted octanol–water partition coefficient (Wildman–Crippen LogP) is 6.89. The summed E-state index contributed by atoms with van der Waals surface area (Å²) in [6.45, 7) is 0.